The van der Waals surface area contributed by atoms with Gasteiger partial charge in [-0.3, -0.25) is 4.79 Å². The molecule has 5 heteroatoms. The number of rotatable bonds is 10. The zero-order chi connectivity index (χ0) is 20.9. The molecule has 3 rings (SSSR count). The van der Waals surface area contributed by atoms with Crippen molar-refractivity contribution in [2.75, 3.05) is 13.2 Å². The number of esters is 1. The lowest BCUT2D eigenvalue weighted by Gasteiger charge is -2.30. The van der Waals surface area contributed by atoms with E-state index in [4.69, 9.17) is 4.74 Å². The van der Waals surface area contributed by atoms with E-state index in [0.29, 0.717) is 31.9 Å². The summed E-state index contributed by atoms with van der Waals surface area (Å²) in [6, 6.07) is 10.7. The SMILES string of the molecule is CCOC(=O)CCc1ccsc1C(O)CNC(C)(C)CC1Cc2ccccc2C1. The second-order valence-corrected chi connectivity index (χ2v) is 9.59. The van der Waals surface area contributed by atoms with Gasteiger partial charge in [0.1, 0.15) is 6.10 Å². The monoisotopic (exact) mass is 415 g/mol. The first-order valence-electron chi connectivity index (χ1n) is 10.6. The predicted octanol–water partition coefficient (Wildman–Crippen LogP) is 4.45. The van der Waals surface area contributed by atoms with Crippen LogP contribution in [0.15, 0.2) is 35.7 Å². The third-order valence-corrected chi connectivity index (χ3v) is 6.76. The molecule has 1 heterocycles. The topological polar surface area (TPSA) is 58.6 Å². The molecule has 158 valence electrons. The fraction of sp³-hybridized carbons (Fsp3) is 0.542. The summed E-state index contributed by atoms with van der Waals surface area (Å²) >= 11 is 1.56. The molecule has 4 nitrogen and oxygen atoms in total. The van der Waals surface area contributed by atoms with Crippen molar-refractivity contribution in [1.29, 1.82) is 0 Å². The van der Waals surface area contributed by atoms with Crippen LogP contribution in [0.5, 0.6) is 0 Å². The number of carbonyl (C=O) groups is 1. The number of thiophene rings is 1. The molecule has 0 aliphatic heterocycles. The van der Waals surface area contributed by atoms with Crippen molar-refractivity contribution >= 4 is 17.3 Å². The zero-order valence-corrected chi connectivity index (χ0v) is 18.6. The van der Waals surface area contributed by atoms with E-state index in [0.717, 1.165) is 29.7 Å². The van der Waals surface area contributed by atoms with Crippen molar-refractivity contribution in [2.24, 2.45) is 5.92 Å². The van der Waals surface area contributed by atoms with E-state index >= 15 is 0 Å². The van der Waals surface area contributed by atoms with Crippen molar-refractivity contribution in [3.63, 3.8) is 0 Å². The molecule has 1 aromatic heterocycles. The Hall–Kier alpha value is -1.69. The Morgan fingerprint density at radius 3 is 2.62 bits per heavy atom. The minimum absolute atomic E-state index is 0.0456. The van der Waals surface area contributed by atoms with Gasteiger partial charge >= 0.3 is 5.97 Å². The largest absolute Gasteiger partial charge is 0.466 e. The Morgan fingerprint density at radius 2 is 1.97 bits per heavy atom. The fourth-order valence-electron chi connectivity index (χ4n) is 4.37. The van der Waals surface area contributed by atoms with E-state index < -0.39 is 6.10 Å². The summed E-state index contributed by atoms with van der Waals surface area (Å²) in [5.74, 6) is 0.463. The molecule has 0 radical (unpaired) electrons. The Labute approximate surface area is 178 Å². The quantitative estimate of drug-likeness (QED) is 0.563. The highest BCUT2D eigenvalue weighted by atomic mass is 32.1. The fourth-order valence-corrected chi connectivity index (χ4v) is 5.31. The van der Waals surface area contributed by atoms with Crippen molar-refractivity contribution in [3.05, 3.63) is 57.3 Å². The molecule has 1 aliphatic carbocycles. The molecule has 1 aliphatic rings. The van der Waals surface area contributed by atoms with Gasteiger partial charge in [-0.05, 0) is 80.5 Å². The molecule has 0 amide bonds. The van der Waals surface area contributed by atoms with Crippen LogP contribution in [0, 0.1) is 5.92 Å². The number of aliphatic hydroxyl groups excluding tert-OH is 1. The van der Waals surface area contributed by atoms with Crippen molar-refractivity contribution in [3.8, 4) is 0 Å². The van der Waals surface area contributed by atoms with Gasteiger partial charge in [0, 0.05) is 23.4 Å². The van der Waals surface area contributed by atoms with E-state index in [9.17, 15) is 9.90 Å². The highest BCUT2D eigenvalue weighted by Gasteiger charge is 2.28. The molecule has 1 atom stereocenters. The number of carbonyl (C=O) groups excluding carboxylic acids is 1. The smallest absolute Gasteiger partial charge is 0.306 e. The molecule has 0 saturated heterocycles. The Morgan fingerprint density at radius 1 is 1.28 bits per heavy atom. The van der Waals surface area contributed by atoms with Crippen LogP contribution in [-0.2, 0) is 28.8 Å². The van der Waals surface area contributed by atoms with E-state index in [1.165, 1.54) is 11.1 Å². The van der Waals surface area contributed by atoms with Crippen molar-refractivity contribution in [1.82, 2.24) is 5.32 Å². The number of nitrogens with one attached hydrogen (secondary N) is 1. The second kappa shape index (κ2) is 9.88. The van der Waals surface area contributed by atoms with Crippen molar-refractivity contribution < 1.29 is 14.6 Å². The van der Waals surface area contributed by atoms with Gasteiger partial charge < -0.3 is 15.2 Å². The van der Waals surface area contributed by atoms with E-state index in [1.807, 2.05) is 18.4 Å². The van der Waals surface area contributed by atoms with Crippen molar-refractivity contribution in [2.45, 2.75) is 64.5 Å². The van der Waals surface area contributed by atoms with Gasteiger partial charge in [0.2, 0.25) is 0 Å². The van der Waals surface area contributed by atoms with E-state index in [1.54, 1.807) is 11.3 Å². The van der Waals surface area contributed by atoms with Gasteiger partial charge in [0.25, 0.3) is 0 Å². The summed E-state index contributed by atoms with van der Waals surface area (Å²) in [5, 5.41) is 16.3. The molecule has 0 bridgehead atoms. The first-order valence-corrected chi connectivity index (χ1v) is 11.5. The predicted molar refractivity (Wildman–Crippen MR) is 118 cm³/mol. The lowest BCUT2D eigenvalue weighted by Crippen LogP contribution is -2.43. The second-order valence-electron chi connectivity index (χ2n) is 8.64. The number of aryl methyl sites for hydroxylation is 1. The van der Waals surface area contributed by atoms with Gasteiger partial charge in [0.15, 0.2) is 0 Å². The minimum Gasteiger partial charge on any atom is -0.466 e. The zero-order valence-electron chi connectivity index (χ0n) is 17.7. The average molecular weight is 416 g/mol. The molecule has 1 unspecified atom stereocenters. The summed E-state index contributed by atoms with van der Waals surface area (Å²) in [6.07, 6.45) is 3.77. The summed E-state index contributed by atoms with van der Waals surface area (Å²) in [4.78, 5) is 12.6. The maximum Gasteiger partial charge on any atom is 0.306 e. The van der Waals surface area contributed by atoms with Gasteiger partial charge in [-0.2, -0.15) is 0 Å². The summed E-state index contributed by atoms with van der Waals surface area (Å²) in [7, 11) is 0. The summed E-state index contributed by atoms with van der Waals surface area (Å²) in [5.41, 5.74) is 3.97. The Balaban J connectivity index is 1.49. The third-order valence-electron chi connectivity index (χ3n) is 5.70. The van der Waals surface area contributed by atoms with Gasteiger partial charge in [0.05, 0.1) is 6.61 Å². The van der Waals surface area contributed by atoms with Crippen LogP contribution in [0.1, 0.15) is 61.3 Å². The molecule has 2 aromatic rings. The molecular formula is C24H33NO3S. The van der Waals surface area contributed by atoms with Crippen LogP contribution in [0.2, 0.25) is 0 Å². The number of aliphatic hydroxyl groups is 1. The van der Waals surface area contributed by atoms with Crippen LogP contribution in [0.4, 0.5) is 0 Å². The average Bonchev–Trinajstić information content (AvgIpc) is 3.30. The maximum absolute atomic E-state index is 11.6. The number of fused-ring (bicyclic) bond motifs is 1. The molecule has 0 saturated carbocycles. The minimum atomic E-state index is -0.563. The maximum atomic E-state index is 11.6. The van der Waals surface area contributed by atoms with Gasteiger partial charge in [-0.1, -0.05) is 24.3 Å². The number of β-amino-alcohol motifs (C(OH)–C–C–N with tert-alkyl or cyclic N) is 1. The highest BCUT2D eigenvalue weighted by molar-refractivity contribution is 7.10. The van der Waals surface area contributed by atoms with Gasteiger partial charge in [-0.25, -0.2) is 0 Å². The number of hydrogen-bond acceptors (Lipinski definition) is 5. The van der Waals surface area contributed by atoms with Crippen LogP contribution in [0.3, 0.4) is 0 Å². The number of benzene rings is 1. The van der Waals surface area contributed by atoms with E-state index in [-0.39, 0.29) is 11.5 Å². The lowest BCUT2D eigenvalue weighted by molar-refractivity contribution is -0.143. The third kappa shape index (κ3) is 6.14. The van der Waals surface area contributed by atoms with Crippen LogP contribution >= 0.6 is 11.3 Å². The van der Waals surface area contributed by atoms with Crippen LogP contribution in [0.25, 0.3) is 0 Å². The number of ether oxygens (including phenoxy) is 1. The Bertz CT molecular complexity index is 789. The normalized spacial score (nSPS) is 15.3. The molecule has 0 spiro atoms. The standard InChI is InChI=1S/C24H33NO3S/c1-4-28-22(27)10-9-18-11-12-29-23(18)21(26)16-25-24(2,3)15-17-13-19-7-5-6-8-20(19)14-17/h5-8,11-12,17,21,25-26H,4,9-10,13-16H2,1-3H3. The molecule has 29 heavy (non-hydrogen) atoms. The molecular weight excluding hydrogens is 382 g/mol. The lowest BCUT2D eigenvalue weighted by atomic mass is 9.88. The van der Waals surface area contributed by atoms with Gasteiger partial charge in [-0.15, -0.1) is 11.3 Å². The van der Waals surface area contributed by atoms with Crippen LogP contribution in [-0.4, -0.2) is 29.8 Å². The highest BCUT2D eigenvalue weighted by Crippen LogP contribution is 2.32. The van der Waals surface area contributed by atoms with Crippen LogP contribution < -0.4 is 5.32 Å². The summed E-state index contributed by atoms with van der Waals surface area (Å²) < 4.78 is 5.01. The number of hydrogen-bond donors (Lipinski definition) is 2. The Kier molecular flexibility index (Phi) is 7.49. The molecule has 1 aromatic carbocycles. The summed E-state index contributed by atoms with van der Waals surface area (Å²) in [6.45, 7) is 7.18. The van der Waals surface area contributed by atoms with E-state index in [2.05, 4.69) is 43.4 Å². The molecule has 2 N–H and O–H groups in total. The molecule has 0 fully saturated rings. The first kappa shape index (κ1) is 22.0. The first-order chi connectivity index (χ1) is 13.9.